The molecule has 1 unspecified atom stereocenters. The molecule has 0 spiro atoms. The van der Waals surface area contributed by atoms with Crippen LogP contribution in [0.3, 0.4) is 0 Å². The number of benzene rings is 1. The molecule has 0 aliphatic heterocycles. The Morgan fingerprint density at radius 1 is 1.17 bits per heavy atom. The van der Waals surface area contributed by atoms with Crippen LogP contribution in [0.1, 0.15) is 88.5 Å². The normalized spacial score (nSPS) is 24.6. The number of nitrogens with one attached hydrogen (secondary N) is 1. The molecule has 2 heterocycles. The predicted octanol–water partition coefficient (Wildman–Crippen LogP) is 6.11. The van der Waals surface area contributed by atoms with Gasteiger partial charge in [0.15, 0.2) is 0 Å². The van der Waals surface area contributed by atoms with Crippen LogP contribution in [0.5, 0.6) is 0 Å². The van der Waals surface area contributed by atoms with Crippen molar-refractivity contribution in [3.8, 4) is 0 Å². The van der Waals surface area contributed by atoms with Crippen molar-refractivity contribution in [3.05, 3.63) is 59.7 Å². The summed E-state index contributed by atoms with van der Waals surface area (Å²) in [6.07, 6.45) is 7.84. The number of fused-ring (bicyclic) bond motifs is 2. The molecule has 2 aliphatic rings. The quantitative estimate of drug-likeness (QED) is 0.452. The number of amides is 1. The molecular weight excluding hydrogens is 450 g/mol. The molecule has 0 bridgehead atoms. The number of carbonyl (C=O) groups is 1. The van der Waals surface area contributed by atoms with Gasteiger partial charge in [-0.2, -0.15) is 0 Å². The Morgan fingerprint density at radius 3 is 2.64 bits per heavy atom. The van der Waals surface area contributed by atoms with Crippen LogP contribution >= 0.6 is 0 Å². The molecule has 2 aromatic heterocycles. The number of aryl methyl sites for hydroxylation is 1. The molecule has 7 heteroatoms. The van der Waals surface area contributed by atoms with Gasteiger partial charge in [-0.3, -0.25) is 9.88 Å². The third-order valence-corrected chi connectivity index (χ3v) is 8.71. The third-order valence-electron chi connectivity index (χ3n) is 8.71. The van der Waals surface area contributed by atoms with Gasteiger partial charge in [0.25, 0.3) is 0 Å². The van der Waals surface area contributed by atoms with E-state index < -0.39 is 11.6 Å². The van der Waals surface area contributed by atoms with Crippen LogP contribution in [0.15, 0.2) is 42.6 Å². The number of hydrogen-bond donors (Lipinski definition) is 2. The highest BCUT2D eigenvalue weighted by Crippen LogP contribution is 2.46. The molecule has 7 nitrogen and oxygen atoms in total. The van der Waals surface area contributed by atoms with Crippen LogP contribution in [0.4, 0.5) is 4.79 Å². The maximum Gasteiger partial charge on any atom is 0.405 e. The number of rotatable bonds is 5. The first-order valence-electron chi connectivity index (χ1n) is 13.3. The molecule has 1 saturated carbocycles. The summed E-state index contributed by atoms with van der Waals surface area (Å²) in [7, 11) is 2.19. The van der Waals surface area contributed by atoms with Gasteiger partial charge in [-0.1, -0.05) is 39.0 Å². The van der Waals surface area contributed by atoms with Crippen molar-refractivity contribution >= 4 is 17.1 Å². The Bertz CT molecular complexity index is 1240. The lowest BCUT2D eigenvalue weighted by molar-refractivity contribution is 0.0688. The van der Waals surface area contributed by atoms with Crippen LogP contribution in [0.2, 0.25) is 0 Å². The minimum atomic E-state index is -0.930. The summed E-state index contributed by atoms with van der Waals surface area (Å²) in [6.45, 7) is 7.19. The minimum absolute atomic E-state index is 0.155. The van der Waals surface area contributed by atoms with Crippen molar-refractivity contribution < 1.29 is 9.90 Å². The Hall–Kier alpha value is -2.93. The third kappa shape index (κ3) is 4.49. The molecule has 1 fully saturated rings. The predicted molar refractivity (Wildman–Crippen MR) is 142 cm³/mol. The maximum atomic E-state index is 11.7. The Labute approximate surface area is 213 Å². The number of carboxylic acid groups (broad SMARTS) is 1. The average molecular weight is 490 g/mol. The summed E-state index contributed by atoms with van der Waals surface area (Å²) in [5.74, 6) is 1.08. The lowest BCUT2D eigenvalue weighted by Gasteiger charge is -2.49. The van der Waals surface area contributed by atoms with E-state index in [1.165, 1.54) is 23.2 Å². The van der Waals surface area contributed by atoms with Gasteiger partial charge in [0.1, 0.15) is 5.82 Å². The lowest BCUT2D eigenvalue weighted by atomic mass is 9.64. The van der Waals surface area contributed by atoms with E-state index in [2.05, 4.69) is 72.9 Å². The van der Waals surface area contributed by atoms with Gasteiger partial charge in [-0.05, 0) is 81.2 Å². The van der Waals surface area contributed by atoms with Crippen LogP contribution in [-0.4, -0.2) is 43.2 Å². The van der Waals surface area contributed by atoms with Gasteiger partial charge < -0.3 is 15.0 Å². The van der Waals surface area contributed by atoms with Gasteiger partial charge in [-0.25, -0.2) is 9.78 Å². The molecule has 2 N–H and O–H groups in total. The molecule has 1 amide bonds. The highest BCUT2D eigenvalue weighted by molar-refractivity contribution is 5.76. The number of pyridine rings is 1. The van der Waals surface area contributed by atoms with Gasteiger partial charge in [0.2, 0.25) is 0 Å². The Kier molecular flexibility index (Phi) is 6.54. The second-order valence-electron chi connectivity index (χ2n) is 11.8. The van der Waals surface area contributed by atoms with E-state index in [1.54, 1.807) is 0 Å². The van der Waals surface area contributed by atoms with Crippen molar-refractivity contribution in [3.63, 3.8) is 0 Å². The first-order chi connectivity index (χ1) is 17.2. The summed E-state index contributed by atoms with van der Waals surface area (Å²) >= 11 is 0. The number of nitrogens with zero attached hydrogens (tertiary/aromatic N) is 4. The second-order valence-corrected chi connectivity index (χ2v) is 11.8. The number of para-hydroxylation sites is 2. The van der Waals surface area contributed by atoms with Crippen molar-refractivity contribution in [2.24, 2.45) is 5.41 Å². The second kappa shape index (κ2) is 9.51. The summed E-state index contributed by atoms with van der Waals surface area (Å²) in [4.78, 5) is 24.0. The van der Waals surface area contributed by atoms with Crippen LogP contribution < -0.4 is 5.32 Å². The number of imidazole rings is 1. The molecule has 5 rings (SSSR count). The molecule has 2 aliphatic carbocycles. The van der Waals surface area contributed by atoms with Crippen LogP contribution in [0.25, 0.3) is 11.0 Å². The highest BCUT2D eigenvalue weighted by Gasteiger charge is 2.46. The average Bonchev–Trinajstić information content (AvgIpc) is 3.20. The summed E-state index contributed by atoms with van der Waals surface area (Å²) in [5.41, 5.74) is 4.20. The van der Waals surface area contributed by atoms with Crippen molar-refractivity contribution in [1.29, 1.82) is 0 Å². The smallest absolute Gasteiger partial charge is 0.405 e. The van der Waals surface area contributed by atoms with Gasteiger partial charge in [-0.15, -0.1) is 0 Å². The molecule has 0 radical (unpaired) electrons. The standard InChI is InChI=1S/C29H39N5O2/c1-28(2,3)29(32-27(35)36)16-14-21(15-17-29)34-23-12-6-5-11-22(23)31-25(34)19-33(4)24-13-7-9-20-10-8-18-30-26(20)24/h5-6,8,10-12,18,21,24,32H,7,9,13-17,19H2,1-4H3,(H,35,36)/t21-,24?,29-. The fourth-order valence-electron chi connectivity index (χ4n) is 6.58. The van der Waals surface area contributed by atoms with E-state index in [1.807, 2.05) is 12.3 Å². The molecule has 3 aromatic rings. The molecule has 1 aromatic carbocycles. The van der Waals surface area contributed by atoms with Crippen molar-refractivity contribution in [1.82, 2.24) is 24.8 Å². The molecule has 1 atom stereocenters. The summed E-state index contributed by atoms with van der Waals surface area (Å²) < 4.78 is 2.45. The van der Waals surface area contributed by atoms with Crippen molar-refractivity contribution in [2.45, 2.75) is 89.9 Å². The first kappa shape index (κ1) is 24.8. The maximum absolute atomic E-state index is 11.7. The van der Waals surface area contributed by atoms with Crippen molar-refractivity contribution in [2.75, 3.05) is 7.05 Å². The zero-order valence-corrected chi connectivity index (χ0v) is 22.0. The van der Waals surface area contributed by atoms with E-state index in [9.17, 15) is 9.90 Å². The van der Waals surface area contributed by atoms with Crippen LogP contribution in [0, 0.1) is 5.41 Å². The molecular formula is C29H39N5O2. The highest BCUT2D eigenvalue weighted by atomic mass is 16.4. The first-order valence-corrected chi connectivity index (χ1v) is 13.3. The zero-order valence-electron chi connectivity index (χ0n) is 22.0. The fourth-order valence-corrected chi connectivity index (χ4v) is 6.58. The Balaban J connectivity index is 1.44. The Morgan fingerprint density at radius 2 is 1.92 bits per heavy atom. The minimum Gasteiger partial charge on any atom is -0.465 e. The van der Waals surface area contributed by atoms with Gasteiger partial charge >= 0.3 is 6.09 Å². The van der Waals surface area contributed by atoms with Gasteiger partial charge in [0, 0.05) is 17.8 Å². The molecule has 36 heavy (non-hydrogen) atoms. The van der Waals surface area contributed by atoms with E-state index in [0.717, 1.165) is 56.4 Å². The van der Waals surface area contributed by atoms with Crippen LogP contribution in [-0.2, 0) is 13.0 Å². The topological polar surface area (TPSA) is 83.3 Å². The monoisotopic (exact) mass is 489 g/mol. The lowest BCUT2D eigenvalue weighted by Crippen LogP contribution is -2.58. The fraction of sp³-hybridized carbons (Fsp3) is 0.552. The number of aromatic nitrogens is 3. The zero-order chi connectivity index (χ0) is 25.5. The molecule has 192 valence electrons. The van der Waals surface area contributed by atoms with E-state index in [0.29, 0.717) is 12.1 Å². The summed E-state index contributed by atoms with van der Waals surface area (Å²) in [5, 5.41) is 12.5. The van der Waals surface area contributed by atoms with E-state index in [4.69, 9.17) is 9.97 Å². The largest absolute Gasteiger partial charge is 0.465 e. The summed E-state index contributed by atoms with van der Waals surface area (Å²) in [6, 6.07) is 13.3. The number of hydrogen-bond acceptors (Lipinski definition) is 4. The van der Waals surface area contributed by atoms with Gasteiger partial charge in [0.05, 0.1) is 29.3 Å². The molecule has 0 saturated heterocycles. The van der Waals surface area contributed by atoms with E-state index in [-0.39, 0.29) is 5.41 Å². The van der Waals surface area contributed by atoms with E-state index >= 15 is 0 Å². The SMILES string of the molecule is CN(Cc1nc2ccccc2n1[C@H]1CC[C@@](NC(=O)O)(C(C)(C)C)CC1)C1CCCc2cccnc21.